The molecule has 1 saturated heterocycles. The third-order valence-corrected chi connectivity index (χ3v) is 3.12. The molecule has 0 spiro atoms. The van der Waals surface area contributed by atoms with Crippen LogP contribution in [0.1, 0.15) is 10.4 Å². The van der Waals surface area contributed by atoms with Gasteiger partial charge in [-0.1, -0.05) is 0 Å². The number of hydrogen-bond donors (Lipinski definition) is 2. The highest BCUT2D eigenvalue weighted by atomic mass is 16.6. The molecule has 0 saturated carbocycles. The molecule has 0 aromatic heterocycles. The molecule has 1 atom stereocenters. The lowest BCUT2D eigenvalue weighted by Crippen LogP contribution is -2.54. The molecule has 1 unspecified atom stereocenters. The number of phenols is 1. The summed E-state index contributed by atoms with van der Waals surface area (Å²) in [6.07, 6.45) is 0. The molecule has 1 fully saturated rings. The molecule has 1 aliphatic rings. The summed E-state index contributed by atoms with van der Waals surface area (Å²) in [5.41, 5.74) is 4.46. The van der Waals surface area contributed by atoms with E-state index in [1.807, 2.05) is 0 Å². The molecule has 0 bridgehead atoms. The highest BCUT2D eigenvalue weighted by Crippen LogP contribution is 2.25. The van der Waals surface area contributed by atoms with Crippen molar-refractivity contribution in [2.45, 2.75) is 6.04 Å². The number of amides is 2. The highest BCUT2D eigenvalue weighted by Gasteiger charge is 2.34. The van der Waals surface area contributed by atoms with Crippen LogP contribution < -0.4 is 5.73 Å². The number of nitro benzene ring substituents is 1. The molecule has 2 amide bonds. The zero-order chi connectivity index (χ0) is 15.6. The van der Waals surface area contributed by atoms with E-state index in [1.54, 1.807) is 0 Å². The van der Waals surface area contributed by atoms with Crippen LogP contribution in [0.2, 0.25) is 0 Å². The number of ether oxygens (including phenoxy) is 1. The fourth-order valence-electron chi connectivity index (χ4n) is 2.09. The summed E-state index contributed by atoms with van der Waals surface area (Å²) in [6.45, 7) is 0.217. The Kier molecular flexibility index (Phi) is 4.03. The predicted molar refractivity (Wildman–Crippen MR) is 69.6 cm³/mol. The molecular weight excluding hydrogens is 282 g/mol. The normalized spacial score (nSPS) is 18.3. The Morgan fingerprint density at radius 1 is 1.48 bits per heavy atom. The number of rotatable bonds is 3. The summed E-state index contributed by atoms with van der Waals surface area (Å²) >= 11 is 0. The van der Waals surface area contributed by atoms with E-state index < -0.39 is 28.5 Å². The molecule has 112 valence electrons. The van der Waals surface area contributed by atoms with Gasteiger partial charge in [0, 0.05) is 12.6 Å². The first kappa shape index (κ1) is 14.7. The van der Waals surface area contributed by atoms with Gasteiger partial charge in [-0.3, -0.25) is 19.7 Å². The van der Waals surface area contributed by atoms with Crippen LogP contribution in [0.15, 0.2) is 18.2 Å². The van der Waals surface area contributed by atoms with Crippen LogP contribution in [-0.4, -0.2) is 52.5 Å². The number of primary amides is 1. The van der Waals surface area contributed by atoms with Gasteiger partial charge in [0.15, 0.2) is 0 Å². The highest BCUT2D eigenvalue weighted by molar-refractivity contribution is 6.01. The van der Waals surface area contributed by atoms with Gasteiger partial charge < -0.3 is 20.5 Å². The molecule has 1 aliphatic heterocycles. The van der Waals surface area contributed by atoms with E-state index >= 15 is 0 Å². The smallest absolute Gasteiger partial charge is 0.282 e. The fraction of sp³-hybridized carbons (Fsp3) is 0.333. The van der Waals surface area contributed by atoms with Crippen molar-refractivity contribution in [1.82, 2.24) is 4.90 Å². The molecule has 1 heterocycles. The average Bonchev–Trinajstić information content (AvgIpc) is 2.46. The Morgan fingerprint density at radius 2 is 2.19 bits per heavy atom. The Hall–Kier alpha value is -2.68. The maximum absolute atomic E-state index is 12.4. The second-order valence-corrected chi connectivity index (χ2v) is 4.45. The van der Waals surface area contributed by atoms with Gasteiger partial charge in [0.25, 0.3) is 11.6 Å². The van der Waals surface area contributed by atoms with Gasteiger partial charge in [0.05, 0.1) is 18.1 Å². The molecule has 0 radical (unpaired) electrons. The lowest BCUT2D eigenvalue weighted by molar-refractivity contribution is -0.385. The van der Waals surface area contributed by atoms with Crippen molar-refractivity contribution in [3.05, 3.63) is 33.9 Å². The Balaban J connectivity index is 2.40. The van der Waals surface area contributed by atoms with Crippen molar-refractivity contribution < 1.29 is 24.4 Å². The first-order valence-electron chi connectivity index (χ1n) is 6.07. The minimum absolute atomic E-state index is 0.0618. The minimum atomic E-state index is -0.992. The molecular formula is C12H13N3O6. The van der Waals surface area contributed by atoms with E-state index in [0.717, 1.165) is 23.1 Å². The van der Waals surface area contributed by atoms with Gasteiger partial charge in [-0.15, -0.1) is 0 Å². The first-order valence-corrected chi connectivity index (χ1v) is 6.07. The molecule has 0 aliphatic carbocycles. The van der Waals surface area contributed by atoms with Crippen molar-refractivity contribution in [2.24, 2.45) is 5.73 Å². The van der Waals surface area contributed by atoms with Gasteiger partial charge in [-0.2, -0.15) is 0 Å². The van der Waals surface area contributed by atoms with E-state index in [-0.39, 0.29) is 31.1 Å². The number of benzene rings is 1. The number of carbonyl (C=O) groups excluding carboxylic acids is 2. The van der Waals surface area contributed by atoms with Crippen LogP contribution in [0.5, 0.6) is 5.75 Å². The van der Waals surface area contributed by atoms with Gasteiger partial charge >= 0.3 is 0 Å². The summed E-state index contributed by atoms with van der Waals surface area (Å²) in [7, 11) is 0. The molecule has 9 heteroatoms. The first-order chi connectivity index (χ1) is 9.91. The van der Waals surface area contributed by atoms with Crippen LogP contribution >= 0.6 is 0 Å². The van der Waals surface area contributed by atoms with Crippen LogP contribution in [-0.2, 0) is 9.53 Å². The van der Waals surface area contributed by atoms with Gasteiger partial charge in [0.2, 0.25) is 5.91 Å². The molecule has 9 nitrogen and oxygen atoms in total. The second-order valence-electron chi connectivity index (χ2n) is 4.45. The predicted octanol–water partition coefficient (Wildman–Crippen LogP) is -0.373. The van der Waals surface area contributed by atoms with Crippen LogP contribution in [0.25, 0.3) is 0 Å². The number of hydrogen-bond acceptors (Lipinski definition) is 6. The standard InChI is InChI=1S/C12H13N3O6/c13-11(17)10-6-21-4-3-14(10)12(18)8-5-7(16)1-2-9(8)15(19)20/h1-2,5,10,16H,3-4,6H2,(H2,13,17). The van der Waals surface area contributed by atoms with Crippen LogP contribution in [0.4, 0.5) is 5.69 Å². The summed E-state index contributed by atoms with van der Waals surface area (Å²) in [5.74, 6) is -1.79. The molecule has 1 aromatic rings. The van der Waals surface area contributed by atoms with E-state index in [1.165, 1.54) is 0 Å². The lowest BCUT2D eigenvalue weighted by atomic mass is 10.1. The Labute approximate surface area is 119 Å². The largest absolute Gasteiger partial charge is 0.508 e. The quantitative estimate of drug-likeness (QED) is 0.576. The summed E-state index contributed by atoms with van der Waals surface area (Å²) < 4.78 is 5.08. The maximum atomic E-state index is 12.4. The van der Waals surface area contributed by atoms with Crippen LogP contribution in [0.3, 0.4) is 0 Å². The Bertz CT molecular complexity index is 603. The number of nitrogens with zero attached hydrogens (tertiary/aromatic N) is 2. The molecule has 3 N–H and O–H groups in total. The number of morpholine rings is 1. The number of phenolic OH excluding ortho intramolecular Hbond substituents is 1. The summed E-state index contributed by atoms with van der Waals surface area (Å²) in [6, 6.07) is 2.14. The summed E-state index contributed by atoms with van der Waals surface area (Å²) in [4.78, 5) is 35.2. The van der Waals surface area contributed by atoms with E-state index in [2.05, 4.69) is 0 Å². The minimum Gasteiger partial charge on any atom is -0.508 e. The van der Waals surface area contributed by atoms with Gasteiger partial charge in [-0.25, -0.2) is 0 Å². The van der Waals surface area contributed by atoms with E-state index in [0.29, 0.717) is 0 Å². The van der Waals surface area contributed by atoms with Crippen LogP contribution in [0, 0.1) is 10.1 Å². The van der Waals surface area contributed by atoms with Crippen molar-refractivity contribution in [2.75, 3.05) is 19.8 Å². The summed E-state index contributed by atoms with van der Waals surface area (Å²) in [5, 5.41) is 20.4. The third kappa shape index (κ3) is 2.92. The van der Waals surface area contributed by atoms with Crippen molar-refractivity contribution in [3.63, 3.8) is 0 Å². The van der Waals surface area contributed by atoms with E-state index in [9.17, 15) is 24.8 Å². The average molecular weight is 295 g/mol. The van der Waals surface area contributed by atoms with Crippen molar-refractivity contribution in [3.8, 4) is 5.75 Å². The molecule has 2 rings (SSSR count). The van der Waals surface area contributed by atoms with Crippen molar-refractivity contribution in [1.29, 1.82) is 0 Å². The number of nitro groups is 1. The lowest BCUT2D eigenvalue weighted by Gasteiger charge is -2.33. The zero-order valence-electron chi connectivity index (χ0n) is 10.9. The Morgan fingerprint density at radius 3 is 2.81 bits per heavy atom. The number of aromatic hydroxyl groups is 1. The van der Waals surface area contributed by atoms with Gasteiger partial charge in [0.1, 0.15) is 17.4 Å². The maximum Gasteiger partial charge on any atom is 0.282 e. The number of carbonyl (C=O) groups is 2. The van der Waals surface area contributed by atoms with Gasteiger partial charge in [-0.05, 0) is 12.1 Å². The zero-order valence-corrected chi connectivity index (χ0v) is 10.9. The third-order valence-electron chi connectivity index (χ3n) is 3.12. The fourth-order valence-corrected chi connectivity index (χ4v) is 2.09. The SMILES string of the molecule is NC(=O)C1COCCN1C(=O)c1cc(O)ccc1[N+](=O)[O-]. The monoisotopic (exact) mass is 295 g/mol. The van der Waals surface area contributed by atoms with Crippen molar-refractivity contribution >= 4 is 17.5 Å². The molecule has 1 aromatic carbocycles. The molecule has 21 heavy (non-hydrogen) atoms. The second kappa shape index (κ2) is 5.75. The van der Waals surface area contributed by atoms with E-state index in [4.69, 9.17) is 10.5 Å². The topological polar surface area (TPSA) is 136 Å². The number of nitrogens with two attached hydrogens (primary N) is 1.